The maximum atomic E-state index is 5.91. The van der Waals surface area contributed by atoms with Gasteiger partial charge >= 0.3 is 0 Å². The predicted octanol–water partition coefficient (Wildman–Crippen LogP) is 2.97. The van der Waals surface area contributed by atoms with E-state index in [1.54, 1.807) is 18.5 Å². The first-order valence-electron chi connectivity index (χ1n) is 7.33. The van der Waals surface area contributed by atoms with Crippen LogP contribution in [-0.2, 0) is 0 Å². The van der Waals surface area contributed by atoms with Gasteiger partial charge in [0.05, 0.1) is 0 Å². The number of nitrogens with one attached hydrogen (secondary N) is 1. The zero-order valence-corrected chi connectivity index (χ0v) is 13.9. The smallest absolute Gasteiger partial charge is 0.249 e. The standard InChI is InChI=1S/C15H16ClN7O/c1-8(2)12(20-11-6-10(16)19-15(17)21-11)14-22-13(23-24-14)9-4-3-5-18-7-9/h3-8,12H,1-2H3,(H3,17,19,20,21). The Hall–Kier alpha value is -2.74. The summed E-state index contributed by atoms with van der Waals surface area (Å²) in [7, 11) is 0. The largest absolute Gasteiger partial charge is 0.368 e. The molecule has 0 saturated heterocycles. The zero-order valence-electron chi connectivity index (χ0n) is 13.1. The number of hydrogen-bond donors (Lipinski definition) is 2. The second-order valence-electron chi connectivity index (χ2n) is 5.50. The number of halogens is 1. The molecule has 0 aromatic carbocycles. The fraction of sp³-hybridized carbons (Fsp3) is 0.267. The summed E-state index contributed by atoms with van der Waals surface area (Å²) in [6, 6.07) is 5.01. The van der Waals surface area contributed by atoms with E-state index in [1.165, 1.54) is 0 Å². The van der Waals surface area contributed by atoms with Crippen molar-refractivity contribution < 1.29 is 4.52 Å². The van der Waals surface area contributed by atoms with Crippen LogP contribution in [-0.4, -0.2) is 25.1 Å². The number of nitrogens with two attached hydrogens (primary N) is 1. The van der Waals surface area contributed by atoms with Crippen LogP contribution in [0.15, 0.2) is 35.1 Å². The average Bonchev–Trinajstić information content (AvgIpc) is 3.02. The Bertz CT molecular complexity index is 801. The van der Waals surface area contributed by atoms with Crippen molar-refractivity contribution in [1.82, 2.24) is 25.1 Å². The molecule has 3 rings (SSSR count). The van der Waals surface area contributed by atoms with E-state index >= 15 is 0 Å². The van der Waals surface area contributed by atoms with Gasteiger partial charge in [0.1, 0.15) is 17.0 Å². The molecule has 0 aliphatic carbocycles. The summed E-state index contributed by atoms with van der Waals surface area (Å²) in [5.41, 5.74) is 6.41. The first kappa shape index (κ1) is 16.1. The van der Waals surface area contributed by atoms with Crippen LogP contribution in [0.2, 0.25) is 5.15 Å². The molecular weight excluding hydrogens is 330 g/mol. The van der Waals surface area contributed by atoms with Gasteiger partial charge in [0.25, 0.3) is 0 Å². The normalized spacial score (nSPS) is 12.3. The molecule has 1 atom stereocenters. The quantitative estimate of drug-likeness (QED) is 0.678. The van der Waals surface area contributed by atoms with Crippen LogP contribution in [0, 0.1) is 5.92 Å². The van der Waals surface area contributed by atoms with Crippen molar-refractivity contribution in [1.29, 1.82) is 0 Å². The number of anilines is 2. The Morgan fingerprint density at radius 2 is 2.08 bits per heavy atom. The lowest BCUT2D eigenvalue weighted by molar-refractivity contribution is 0.335. The molecule has 3 aromatic rings. The monoisotopic (exact) mass is 345 g/mol. The summed E-state index contributed by atoms with van der Waals surface area (Å²) in [6.07, 6.45) is 3.36. The first-order valence-corrected chi connectivity index (χ1v) is 7.71. The summed E-state index contributed by atoms with van der Waals surface area (Å²) < 4.78 is 5.42. The Morgan fingerprint density at radius 1 is 1.25 bits per heavy atom. The maximum absolute atomic E-state index is 5.91. The van der Waals surface area contributed by atoms with Gasteiger partial charge in [0.15, 0.2) is 0 Å². The lowest BCUT2D eigenvalue weighted by Crippen LogP contribution is -2.18. The summed E-state index contributed by atoms with van der Waals surface area (Å²) in [6.45, 7) is 4.05. The van der Waals surface area contributed by atoms with Crippen LogP contribution < -0.4 is 11.1 Å². The van der Waals surface area contributed by atoms with Crippen LogP contribution in [0.4, 0.5) is 11.8 Å². The Kier molecular flexibility index (Phi) is 4.57. The van der Waals surface area contributed by atoms with Gasteiger partial charge in [-0.1, -0.05) is 30.6 Å². The molecule has 0 amide bonds. The highest BCUT2D eigenvalue weighted by atomic mass is 35.5. The van der Waals surface area contributed by atoms with Crippen LogP contribution in [0.3, 0.4) is 0 Å². The van der Waals surface area contributed by atoms with E-state index in [9.17, 15) is 0 Å². The Morgan fingerprint density at radius 3 is 2.75 bits per heavy atom. The van der Waals surface area contributed by atoms with Crippen molar-refractivity contribution in [3.63, 3.8) is 0 Å². The molecule has 24 heavy (non-hydrogen) atoms. The zero-order chi connectivity index (χ0) is 17.1. The Balaban J connectivity index is 1.87. The highest BCUT2D eigenvalue weighted by Crippen LogP contribution is 2.27. The topological polar surface area (TPSA) is 116 Å². The van der Waals surface area contributed by atoms with Crippen LogP contribution in [0.5, 0.6) is 0 Å². The maximum Gasteiger partial charge on any atom is 0.249 e. The lowest BCUT2D eigenvalue weighted by Gasteiger charge is -2.19. The van der Waals surface area contributed by atoms with Crippen molar-refractivity contribution in [2.24, 2.45) is 5.92 Å². The average molecular weight is 346 g/mol. The number of aromatic nitrogens is 5. The van der Waals surface area contributed by atoms with Gasteiger partial charge in [-0.15, -0.1) is 0 Å². The molecule has 0 aliphatic rings. The molecule has 3 N–H and O–H groups in total. The number of pyridine rings is 1. The van der Waals surface area contributed by atoms with E-state index in [0.29, 0.717) is 17.5 Å². The summed E-state index contributed by atoms with van der Waals surface area (Å²) in [4.78, 5) is 16.5. The second kappa shape index (κ2) is 6.79. The molecule has 124 valence electrons. The van der Waals surface area contributed by atoms with Crippen LogP contribution in [0.1, 0.15) is 25.8 Å². The van der Waals surface area contributed by atoms with Crippen LogP contribution >= 0.6 is 11.6 Å². The van der Waals surface area contributed by atoms with Gasteiger partial charge in [-0.25, -0.2) is 4.98 Å². The third-order valence-corrected chi connectivity index (χ3v) is 3.50. The highest BCUT2D eigenvalue weighted by Gasteiger charge is 2.23. The number of nitrogens with zero attached hydrogens (tertiary/aromatic N) is 5. The molecule has 3 aromatic heterocycles. The highest BCUT2D eigenvalue weighted by molar-refractivity contribution is 6.29. The fourth-order valence-corrected chi connectivity index (χ4v) is 2.35. The number of nitrogen functional groups attached to an aromatic ring is 1. The molecule has 1 unspecified atom stereocenters. The Labute approximate surface area is 143 Å². The van der Waals surface area contributed by atoms with Gasteiger partial charge in [-0.05, 0) is 18.1 Å². The van der Waals surface area contributed by atoms with Crippen molar-refractivity contribution in [3.05, 3.63) is 41.6 Å². The van der Waals surface area contributed by atoms with Gasteiger partial charge in [-0.2, -0.15) is 9.97 Å². The molecule has 0 radical (unpaired) electrons. The third kappa shape index (κ3) is 3.60. The minimum absolute atomic E-state index is 0.0917. The number of rotatable bonds is 5. The predicted molar refractivity (Wildman–Crippen MR) is 90.2 cm³/mol. The van der Waals surface area contributed by atoms with E-state index in [1.807, 2.05) is 26.0 Å². The fourth-order valence-electron chi connectivity index (χ4n) is 2.16. The molecule has 0 saturated carbocycles. The van der Waals surface area contributed by atoms with Gasteiger partial charge in [-0.3, -0.25) is 4.98 Å². The summed E-state index contributed by atoms with van der Waals surface area (Å²) in [5, 5.41) is 7.49. The van der Waals surface area contributed by atoms with E-state index in [2.05, 4.69) is 30.4 Å². The second-order valence-corrected chi connectivity index (χ2v) is 5.89. The van der Waals surface area contributed by atoms with Gasteiger partial charge in [0, 0.05) is 24.0 Å². The van der Waals surface area contributed by atoms with E-state index in [0.717, 1.165) is 5.56 Å². The SMILES string of the molecule is CC(C)C(Nc1cc(Cl)nc(N)n1)c1nc(-c2cccnc2)no1. The molecule has 8 nitrogen and oxygen atoms in total. The molecule has 0 spiro atoms. The molecular formula is C15H16ClN7O. The lowest BCUT2D eigenvalue weighted by atomic mass is 10.0. The number of hydrogen-bond acceptors (Lipinski definition) is 8. The minimum Gasteiger partial charge on any atom is -0.368 e. The molecule has 3 heterocycles. The molecule has 0 fully saturated rings. The first-order chi connectivity index (χ1) is 11.5. The summed E-state index contributed by atoms with van der Waals surface area (Å²) in [5.74, 6) is 1.66. The molecule has 0 aliphatic heterocycles. The summed E-state index contributed by atoms with van der Waals surface area (Å²) >= 11 is 5.91. The molecule has 0 bridgehead atoms. The van der Waals surface area contributed by atoms with E-state index in [-0.39, 0.29) is 23.1 Å². The van der Waals surface area contributed by atoms with Crippen molar-refractivity contribution in [2.75, 3.05) is 11.1 Å². The van der Waals surface area contributed by atoms with Crippen molar-refractivity contribution in [2.45, 2.75) is 19.9 Å². The van der Waals surface area contributed by atoms with E-state index < -0.39 is 0 Å². The van der Waals surface area contributed by atoms with Crippen molar-refractivity contribution in [3.8, 4) is 11.4 Å². The van der Waals surface area contributed by atoms with Gasteiger partial charge < -0.3 is 15.6 Å². The minimum atomic E-state index is -0.256. The van der Waals surface area contributed by atoms with Crippen LogP contribution in [0.25, 0.3) is 11.4 Å². The third-order valence-electron chi connectivity index (χ3n) is 3.31. The van der Waals surface area contributed by atoms with Gasteiger partial charge in [0.2, 0.25) is 17.7 Å². The van der Waals surface area contributed by atoms with E-state index in [4.69, 9.17) is 21.9 Å². The molecule has 9 heteroatoms. The van der Waals surface area contributed by atoms with Crippen molar-refractivity contribution >= 4 is 23.4 Å².